The Kier molecular flexibility index (Phi) is 41.9. The molecule has 0 spiro atoms. The molecule has 0 atom stereocenters. The highest BCUT2D eigenvalue weighted by molar-refractivity contribution is 5.69. The minimum atomic E-state index is -0.662. The van der Waals surface area contributed by atoms with Crippen LogP contribution in [-0.2, 0) is 14.3 Å². The van der Waals surface area contributed by atoms with Crippen LogP contribution in [0.25, 0.3) is 0 Å². The number of unbranched alkanes of at least 4 members (excludes halogenated alkanes) is 21. The van der Waals surface area contributed by atoms with Gasteiger partial charge in [0.25, 0.3) is 0 Å². The maximum atomic E-state index is 12.0. The van der Waals surface area contributed by atoms with Crippen LogP contribution < -0.4 is 5.32 Å². The van der Waals surface area contributed by atoms with Gasteiger partial charge in [-0.05, 0) is 57.5 Å². The summed E-state index contributed by atoms with van der Waals surface area (Å²) in [6.45, 7) is 12.0. The monoisotopic (exact) mass is 640 g/mol. The quantitative estimate of drug-likeness (QED) is 0.0533. The maximum absolute atomic E-state index is 12.0. The predicted octanol–water partition coefficient (Wildman–Crippen LogP) is 12.6. The Balaban J connectivity index is 0. The van der Waals surface area contributed by atoms with Crippen LogP contribution in [0.1, 0.15) is 220 Å². The number of carbonyl (C=O) groups excluding carboxylic acids is 1. The van der Waals surface area contributed by atoms with Gasteiger partial charge in [-0.3, -0.25) is 9.59 Å². The Morgan fingerprint density at radius 2 is 0.844 bits per heavy atom. The number of rotatable bonds is 35. The summed E-state index contributed by atoms with van der Waals surface area (Å²) in [5.74, 6) is -0.0441. The van der Waals surface area contributed by atoms with E-state index in [2.05, 4.69) is 33.0 Å². The second-order valence-corrected chi connectivity index (χ2v) is 13.5. The van der Waals surface area contributed by atoms with Gasteiger partial charge >= 0.3 is 11.9 Å². The lowest BCUT2D eigenvalue weighted by atomic mass is 9.95. The Labute approximate surface area is 282 Å². The van der Waals surface area contributed by atoms with Crippen LogP contribution in [0.2, 0.25) is 0 Å². The van der Waals surface area contributed by atoms with Crippen LogP contribution in [0.5, 0.6) is 0 Å². The van der Waals surface area contributed by atoms with Gasteiger partial charge in [0.15, 0.2) is 0 Å². The summed E-state index contributed by atoms with van der Waals surface area (Å²) in [7, 11) is 0. The fraction of sp³-hybridized carbons (Fsp3) is 0.950. The normalized spacial score (nSPS) is 11.0. The van der Waals surface area contributed by atoms with Crippen molar-refractivity contribution >= 4 is 11.9 Å². The third kappa shape index (κ3) is 42.9. The molecule has 0 bridgehead atoms. The number of nitrogens with one attached hydrogen (secondary N) is 1. The molecule has 0 fully saturated rings. The van der Waals surface area contributed by atoms with E-state index in [-0.39, 0.29) is 5.97 Å². The van der Waals surface area contributed by atoms with Crippen molar-refractivity contribution in [2.24, 2.45) is 5.92 Å². The molecular weight excluding hydrogens is 558 g/mol. The molecule has 0 aliphatic rings. The van der Waals surface area contributed by atoms with Crippen molar-refractivity contribution in [1.82, 2.24) is 5.32 Å². The van der Waals surface area contributed by atoms with Crippen LogP contribution in [0, 0.1) is 5.92 Å². The highest BCUT2D eigenvalue weighted by Gasteiger charge is 2.12. The van der Waals surface area contributed by atoms with Gasteiger partial charge in [0.2, 0.25) is 0 Å². The van der Waals surface area contributed by atoms with Gasteiger partial charge in [-0.25, -0.2) is 0 Å². The molecule has 0 rings (SSSR count). The van der Waals surface area contributed by atoms with E-state index >= 15 is 0 Å². The molecule has 0 saturated carbocycles. The van der Waals surface area contributed by atoms with Crippen molar-refractivity contribution < 1.29 is 19.4 Å². The van der Waals surface area contributed by atoms with Gasteiger partial charge in [0.1, 0.15) is 0 Å². The summed E-state index contributed by atoms with van der Waals surface area (Å²) in [6, 6.07) is 0. The third-order valence-electron chi connectivity index (χ3n) is 8.85. The number of ether oxygens (including phenoxy) is 1. The molecule has 0 radical (unpaired) electrons. The summed E-state index contributed by atoms with van der Waals surface area (Å²) in [4.78, 5) is 22.3. The standard InChI is InChI=1S/C24H48O2.C16H33NO2/c1-4-7-10-13-14-15-18-21-24(25)26-22-23(19-16-11-8-5-2)20-17-12-9-6-3;1-2-3-4-11-14-17-15-12-9-7-5-6-8-10-13-16(18)19/h23H,4-22H2,1-3H3;17H,2-15H2,1H3,(H,18,19). The van der Waals surface area contributed by atoms with Crippen LogP contribution >= 0.6 is 0 Å². The van der Waals surface area contributed by atoms with Crippen molar-refractivity contribution in [3.05, 3.63) is 0 Å². The summed E-state index contributed by atoms with van der Waals surface area (Å²) >= 11 is 0. The summed E-state index contributed by atoms with van der Waals surface area (Å²) in [5, 5.41) is 12.0. The average molecular weight is 640 g/mol. The van der Waals surface area contributed by atoms with Crippen molar-refractivity contribution in [2.45, 2.75) is 220 Å². The number of carboxylic acid groups (broad SMARTS) is 1. The van der Waals surface area contributed by atoms with E-state index in [1.165, 1.54) is 167 Å². The molecule has 5 heteroatoms. The van der Waals surface area contributed by atoms with E-state index in [0.717, 1.165) is 25.8 Å². The van der Waals surface area contributed by atoms with Crippen molar-refractivity contribution in [3.63, 3.8) is 0 Å². The van der Waals surface area contributed by atoms with E-state index < -0.39 is 5.97 Å². The Bertz CT molecular complexity index is 571. The SMILES string of the molecule is CCCCCCCCCC(=O)OCC(CCCCCC)CCCCCC.CCCCCCNCCCCCCCCCC(=O)O. The first-order valence-electron chi connectivity index (χ1n) is 20.1. The Morgan fingerprint density at radius 3 is 1.29 bits per heavy atom. The molecule has 0 aromatic heterocycles. The summed E-state index contributed by atoms with van der Waals surface area (Å²) in [6.07, 6.45) is 36.3. The first-order valence-corrected chi connectivity index (χ1v) is 20.1. The number of hydrogen-bond donors (Lipinski definition) is 2. The third-order valence-corrected chi connectivity index (χ3v) is 8.85. The first kappa shape index (κ1) is 46.0. The topological polar surface area (TPSA) is 75.6 Å². The lowest BCUT2D eigenvalue weighted by molar-refractivity contribution is -0.145. The molecular formula is C40H81NO4. The van der Waals surface area contributed by atoms with Crippen molar-refractivity contribution in [3.8, 4) is 0 Å². The zero-order chi connectivity index (χ0) is 33.5. The molecule has 0 unspecified atom stereocenters. The predicted molar refractivity (Wildman–Crippen MR) is 196 cm³/mol. The largest absolute Gasteiger partial charge is 0.481 e. The van der Waals surface area contributed by atoms with Gasteiger partial charge in [0.05, 0.1) is 6.61 Å². The van der Waals surface area contributed by atoms with Crippen molar-refractivity contribution in [2.75, 3.05) is 19.7 Å². The lowest BCUT2D eigenvalue weighted by Gasteiger charge is -2.17. The second kappa shape index (κ2) is 40.9. The minimum Gasteiger partial charge on any atom is -0.481 e. The van der Waals surface area contributed by atoms with Crippen LogP contribution in [0.3, 0.4) is 0 Å². The van der Waals surface area contributed by atoms with Crippen LogP contribution in [0.15, 0.2) is 0 Å². The second-order valence-electron chi connectivity index (χ2n) is 13.5. The average Bonchev–Trinajstić information content (AvgIpc) is 3.03. The fourth-order valence-corrected chi connectivity index (χ4v) is 5.75. The van der Waals surface area contributed by atoms with E-state index in [1.54, 1.807) is 0 Å². The van der Waals surface area contributed by atoms with Crippen molar-refractivity contribution in [1.29, 1.82) is 0 Å². The molecule has 0 aliphatic carbocycles. The molecule has 2 N–H and O–H groups in total. The van der Waals surface area contributed by atoms with E-state index in [4.69, 9.17) is 9.84 Å². The van der Waals surface area contributed by atoms with Gasteiger partial charge in [0, 0.05) is 12.8 Å². The zero-order valence-corrected chi connectivity index (χ0v) is 31.1. The zero-order valence-electron chi connectivity index (χ0n) is 31.1. The molecule has 5 nitrogen and oxygen atoms in total. The summed E-state index contributed by atoms with van der Waals surface area (Å²) < 4.78 is 5.62. The number of carbonyl (C=O) groups is 2. The molecule has 0 amide bonds. The Morgan fingerprint density at radius 1 is 0.489 bits per heavy atom. The van der Waals surface area contributed by atoms with Crippen LogP contribution in [-0.4, -0.2) is 36.7 Å². The van der Waals surface area contributed by atoms with Gasteiger partial charge < -0.3 is 15.2 Å². The number of carboxylic acids is 1. The molecule has 45 heavy (non-hydrogen) atoms. The van der Waals surface area contributed by atoms with Crippen LogP contribution in [0.4, 0.5) is 0 Å². The number of esters is 1. The molecule has 0 heterocycles. The molecule has 270 valence electrons. The molecule has 0 aliphatic heterocycles. The Hall–Kier alpha value is -1.10. The van der Waals surface area contributed by atoms with Gasteiger partial charge in [-0.1, -0.05) is 169 Å². The fourth-order valence-electron chi connectivity index (χ4n) is 5.75. The number of hydrogen-bond acceptors (Lipinski definition) is 4. The molecule has 0 aromatic carbocycles. The summed E-state index contributed by atoms with van der Waals surface area (Å²) in [5.41, 5.74) is 0. The van der Waals surface area contributed by atoms with E-state index in [0.29, 0.717) is 25.4 Å². The smallest absolute Gasteiger partial charge is 0.305 e. The molecule has 0 saturated heterocycles. The first-order chi connectivity index (χ1) is 22.0. The van der Waals surface area contributed by atoms with Gasteiger partial charge in [-0.15, -0.1) is 0 Å². The van der Waals surface area contributed by atoms with E-state index in [1.807, 2.05) is 0 Å². The highest BCUT2D eigenvalue weighted by Crippen LogP contribution is 2.19. The lowest BCUT2D eigenvalue weighted by Crippen LogP contribution is -2.16. The van der Waals surface area contributed by atoms with E-state index in [9.17, 15) is 9.59 Å². The number of aliphatic carboxylic acids is 1. The molecule has 0 aromatic rings. The highest BCUT2D eigenvalue weighted by atomic mass is 16.5. The maximum Gasteiger partial charge on any atom is 0.305 e. The minimum absolute atomic E-state index is 0.0330. The van der Waals surface area contributed by atoms with Gasteiger partial charge in [-0.2, -0.15) is 0 Å².